The van der Waals surface area contributed by atoms with Gasteiger partial charge in [-0.1, -0.05) is 0 Å². The maximum absolute atomic E-state index is 12.9. The summed E-state index contributed by atoms with van der Waals surface area (Å²) in [6.07, 6.45) is 3.39. The van der Waals surface area contributed by atoms with E-state index < -0.39 is 6.10 Å². The van der Waals surface area contributed by atoms with E-state index in [2.05, 4.69) is 37.7 Å². The van der Waals surface area contributed by atoms with E-state index in [1.165, 1.54) is 5.69 Å². The number of urea groups is 1. The Morgan fingerprint density at radius 3 is 2.54 bits per heavy atom. The largest absolute Gasteiger partial charge is 0.390 e. The molecule has 3 aliphatic heterocycles. The average molecular weight is 482 g/mol. The van der Waals surface area contributed by atoms with E-state index in [1.807, 2.05) is 23.2 Å². The summed E-state index contributed by atoms with van der Waals surface area (Å²) in [7, 11) is 0. The third kappa shape index (κ3) is 5.43. The number of pyridine rings is 1. The van der Waals surface area contributed by atoms with Gasteiger partial charge in [0.25, 0.3) is 0 Å². The third-order valence-electron chi connectivity index (χ3n) is 7.30. The Morgan fingerprint density at radius 2 is 1.80 bits per heavy atom. The number of nitrogens with zero attached hydrogens (tertiary/aromatic N) is 7. The molecule has 3 aliphatic rings. The molecule has 0 bridgehead atoms. The predicted octanol–water partition coefficient (Wildman–Crippen LogP) is 0.666. The molecule has 0 aromatic carbocycles. The first kappa shape index (κ1) is 23.6. The molecule has 188 valence electrons. The highest BCUT2D eigenvalue weighted by atomic mass is 16.3. The zero-order valence-electron chi connectivity index (χ0n) is 20.4. The summed E-state index contributed by atoms with van der Waals surface area (Å²) in [6.45, 7) is 9.99. The maximum Gasteiger partial charge on any atom is 0.320 e. The van der Waals surface area contributed by atoms with Crippen molar-refractivity contribution in [2.24, 2.45) is 0 Å². The summed E-state index contributed by atoms with van der Waals surface area (Å²) in [4.78, 5) is 38.9. The molecule has 0 radical (unpaired) electrons. The van der Waals surface area contributed by atoms with E-state index in [9.17, 15) is 14.7 Å². The minimum Gasteiger partial charge on any atom is -0.390 e. The monoisotopic (exact) mass is 481 g/mol. The number of carbonyl (C=O) groups is 2. The first-order chi connectivity index (χ1) is 17.0. The molecule has 1 unspecified atom stereocenters. The number of piperazine rings is 1. The molecule has 3 amide bonds. The van der Waals surface area contributed by atoms with Gasteiger partial charge in [-0.25, -0.2) is 4.79 Å². The molecule has 0 saturated carbocycles. The van der Waals surface area contributed by atoms with Crippen LogP contribution in [0.2, 0.25) is 0 Å². The zero-order chi connectivity index (χ0) is 24.4. The third-order valence-corrected chi connectivity index (χ3v) is 7.30. The number of hydrogen-bond acceptors (Lipinski definition) is 6. The SMILES string of the molecule is CC(=O)N1CCN(c2ccc(CN3CCN(CC(O)CN4CCn5cccc5C4)C3=O)nc2)CC1. The van der Waals surface area contributed by atoms with Crippen LogP contribution in [0.15, 0.2) is 36.7 Å². The number of aliphatic hydroxyl groups excluding tert-OH is 1. The van der Waals surface area contributed by atoms with Crippen LogP contribution < -0.4 is 4.90 Å². The molecule has 10 heteroatoms. The van der Waals surface area contributed by atoms with Crippen LogP contribution in [0.3, 0.4) is 0 Å². The summed E-state index contributed by atoms with van der Waals surface area (Å²) in [6, 6.07) is 8.16. The smallest absolute Gasteiger partial charge is 0.320 e. The fourth-order valence-electron chi connectivity index (χ4n) is 5.26. The molecule has 2 aromatic heterocycles. The summed E-state index contributed by atoms with van der Waals surface area (Å²) in [5, 5.41) is 10.7. The van der Waals surface area contributed by atoms with Gasteiger partial charge in [0.2, 0.25) is 5.91 Å². The fraction of sp³-hybridized carbons (Fsp3) is 0.560. The first-order valence-corrected chi connectivity index (χ1v) is 12.5. The highest BCUT2D eigenvalue weighted by Crippen LogP contribution is 2.19. The number of fused-ring (bicyclic) bond motifs is 1. The summed E-state index contributed by atoms with van der Waals surface area (Å²) in [5.74, 6) is 0.122. The molecule has 1 atom stereocenters. The van der Waals surface area contributed by atoms with Crippen LogP contribution in [0.25, 0.3) is 0 Å². The van der Waals surface area contributed by atoms with Crippen LogP contribution >= 0.6 is 0 Å². The minimum atomic E-state index is -0.568. The summed E-state index contributed by atoms with van der Waals surface area (Å²) < 4.78 is 2.25. The number of amides is 3. The Morgan fingerprint density at radius 1 is 1.00 bits per heavy atom. The van der Waals surface area contributed by atoms with Gasteiger partial charge in [-0.3, -0.25) is 14.7 Å². The second-order valence-electron chi connectivity index (χ2n) is 9.73. The lowest BCUT2D eigenvalue weighted by Gasteiger charge is -2.35. The molecular formula is C25H35N7O3. The van der Waals surface area contributed by atoms with Gasteiger partial charge in [0.1, 0.15) is 0 Å². The zero-order valence-corrected chi connectivity index (χ0v) is 20.4. The van der Waals surface area contributed by atoms with Gasteiger partial charge < -0.3 is 29.3 Å². The molecule has 5 heterocycles. The topological polar surface area (TPSA) is 88.4 Å². The molecule has 10 nitrogen and oxygen atoms in total. The first-order valence-electron chi connectivity index (χ1n) is 12.5. The Labute approximate surface area is 206 Å². The van der Waals surface area contributed by atoms with E-state index in [4.69, 9.17) is 0 Å². The van der Waals surface area contributed by atoms with Crippen LogP contribution in [0.5, 0.6) is 0 Å². The van der Waals surface area contributed by atoms with Gasteiger partial charge >= 0.3 is 6.03 Å². The molecule has 2 fully saturated rings. The quantitative estimate of drug-likeness (QED) is 0.625. The van der Waals surface area contributed by atoms with Gasteiger partial charge in [-0.05, 0) is 24.3 Å². The second-order valence-corrected chi connectivity index (χ2v) is 9.73. The molecule has 35 heavy (non-hydrogen) atoms. The molecule has 5 rings (SSSR count). The van der Waals surface area contributed by atoms with E-state index in [1.54, 1.807) is 16.7 Å². The van der Waals surface area contributed by atoms with Crippen LogP contribution in [-0.4, -0.2) is 111 Å². The lowest BCUT2D eigenvalue weighted by atomic mass is 10.2. The molecular weight excluding hydrogens is 446 g/mol. The standard InChI is InChI=1S/C25H35N7O3/c1-20(33)28-9-11-30(12-10-28)22-5-4-21(26-15-22)16-31-13-14-32(25(31)35)19-24(34)18-27-7-8-29-6-2-3-23(29)17-27/h2-6,15,24,34H,7-14,16-19H2,1H3. The van der Waals surface area contributed by atoms with Gasteiger partial charge in [0, 0.05) is 90.8 Å². The second kappa shape index (κ2) is 10.2. The van der Waals surface area contributed by atoms with Crippen molar-refractivity contribution in [1.29, 1.82) is 0 Å². The van der Waals surface area contributed by atoms with Gasteiger partial charge in [0.15, 0.2) is 0 Å². The Balaban J connectivity index is 1.08. The summed E-state index contributed by atoms with van der Waals surface area (Å²) in [5.41, 5.74) is 3.16. The van der Waals surface area contributed by atoms with E-state index in [0.29, 0.717) is 32.7 Å². The number of aliphatic hydroxyl groups is 1. The summed E-state index contributed by atoms with van der Waals surface area (Å²) >= 11 is 0. The maximum atomic E-state index is 12.9. The van der Waals surface area contributed by atoms with Gasteiger partial charge in [-0.2, -0.15) is 0 Å². The number of rotatable bonds is 7. The number of carbonyl (C=O) groups excluding carboxylic acids is 2. The van der Waals surface area contributed by atoms with Gasteiger partial charge in [0.05, 0.1) is 30.2 Å². The molecule has 0 spiro atoms. The van der Waals surface area contributed by atoms with E-state index in [-0.39, 0.29) is 11.9 Å². The Hall–Kier alpha value is -3.11. The van der Waals surface area contributed by atoms with Crippen LogP contribution in [-0.2, 0) is 24.4 Å². The van der Waals surface area contributed by atoms with Crippen molar-refractivity contribution in [3.8, 4) is 0 Å². The lowest BCUT2D eigenvalue weighted by Crippen LogP contribution is -2.48. The highest BCUT2D eigenvalue weighted by Gasteiger charge is 2.31. The van der Waals surface area contributed by atoms with Crippen molar-refractivity contribution in [3.63, 3.8) is 0 Å². The van der Waals surface area contributed by atoms with E-state index in [0.717, 1.165) is 57.2 Å². The molecule has 2 aromatic rings. The van der Waals surface area contributed by atoms with Crippen LogP contribution in [0.4, 0.5) is 10.5 Å². The Bertz CT molecular complexity index is 1030. The number of β-amino-alcohol motifs (C(OH)–C–C–N with tert-alkyl or cyclic N) is 1. The fourth-order valence-corrected chi connectivity index (χ4v) is 5.26. The van der Waals surface area contributed by atoms with Crippen molar-refractivity contribution in [2.45, 2.75) is 32.7 Å². The average Bonchev–Trinajstić information content (AvgIpc) is 3.46. The van der Waals surface area contributed by atoms with Crippen molar-refractivity contribution < 1.29 is 14.7 Å². The van der Waals surface area contributed by atoms with Crippen molar-refractivity contribution in [1.82, 2.24) is 29.2 Å². The Kier molecular flexibility index (Phi) is 6.92. The number of hydrogen-bond donors (Lipinski definition) is 1. The lowest BCUT2D eigenvalue weighted by molar-refractivity contribution is -0.129. The van der Waals surface area contributed by atoms with Crippen molar-refractivity contribution in [2.75, 3.05) is 63.8 Å². The van der Waals surface area contributed by atoms with E-state index >= 15 is 0 Å². The van der Waals surface area contributed by atoms with Gasteiger partial charge in [-0.15, -0.1) is 0 Å². The predicted molar refractivity (Wildman–Crippen MR) is 132 cm³/mol. The normalized spacial score (nSPS) is 19.9. The molecule has 0 aliphatic carbocycles. The molecule has 1 N–H and O–H groups in total. The van der Waals surface area contributed by atoms with Crippen molar-refractivity contribution in [3.05, 3.63) is 48.0 Å². The number of aromatic nitrogens is 2. The number of anilines is 1. The van der Waals surface area contributed by atoms with Crippen LogP contribution in [0.1, 0.15) is 18.3 Å². The molecule has 2 saturated heterocycles. The van der Waals surface area contributed by atoms with Crippen molar-refractivity contribution >= 4 is 17.6 Å². The van der Waals surface area contributed by atoms with Crippen LogP contribution in [0, 0.1) is 0 Å². The highest BCUT2D eigenvalue weighted by molar-refractivity contribution is 5.76. The minimum absolute atomic E-state index is 0.0391.